The van der Waals surface area contributed by atoms with Gasteiger partial charge in [0.05, 0.1) is 5.69 Å². The van der Waals surface area contributed by atoms with Crippen molar-refractivity contribution in [1.29, 1.82) is 0 Å². The average Bonchev–Trinajstić information content (AvgIpc) is 3.19. The number of alkyl halides is 2. The van der Waals surface area contributed by atoms with Gasteiger partial charge >= 0.3 is 6.11 Å². The van der Waals surface area contributed by atoms with Crippen molar-refractivity contribution in [2.24, 2.45) is 0 Å². The largest absolute Gasteiger partial charge is 0.493 e. The summed E-state index contributed by atoms with van der Waals surface area (Å²) in [5, 5.41) is 10.3. The zero-order valence-electron chi connectivity index (χ0n) is 21.1. The van der Waals surface area contributed by atoms with Gasteiger partial charge < -0.3 is 14.7 Å². The van der Waals surface area contributed by atoms with Gasteiger partial charge in [-0.2, -0.15) is 8.78 Å². The third kappa shape index (κ3) is 6.73. The van der Waals surface area contributed by atoms with Gasteiger partial charge in [0, 0.05) is 24.8 Å². The number of aromatic nitrogens is 2. The second-order valence-corrected chi connectivity index (χ2v) is 9.39. The van der Waals surface area contributed by atoms with Crippen LogP contribution in [0.15, 0.2) is 18.2 Å². The number of aldehydes is 1. The Kier molecular flexibility index (Phi) is 9.93. The first kappa shape index (κ1) is 27.0. The van der Waals surface area contributed by atoms with E-state index in [4.69, 9.17) is 4.74 Å². The second-order valence-electron chi connectivity index (χ2n) is 9.39. The molecule has 2 aromatic rings. The van der Waals surface area contributed by atoms with E-state index in [2.05, 4.69) is 23.7 Å². The number of carbonyl (C=O) groups is 1. The fourth-order valence-corrected chi connectivity index (χ4v) is 4.62. The predicted octanol–water partition coefficient (Wildman–Crippen LogP) is 7.36. The molecule has 0 saturated carbocycles. The molecule has 0 fully saturated rings. The summed E-state index contributed by atoms with van der Waals surface area (Å²) >= 11 is 0. The summed E-state index contributed by atoms with van der Waals surface area (Å²) in [6.07, 6.45) is 10.7. The van der Waals surface area contributed by atoms with Gasteiger partial charge in [-0.05, 0) is 25.0 Å². The molecule has 1 N–H and O–H groups in total. The fourth-order valence-electron chi connectivity index (χ4n) is 4.62. The van der Waals surface area contributed by atoms with Gasteiger partial charge in [0.15, 0.2) is 17.7 Å². The molecule has 1 aliphatic heterocycles. The summed E-state index contributed by atoms with van der Waals surface area (Å²) in [6.45, 7) is 6.12. The summed E-state index contributed by atoms with van der Waals surface area (Å²) in [7, 11) is 0. The molecule has 35 heavy (non-hydrogen) atoms. The van der Waals surface area contributed by atoms with Crippen molar-refractivity contribution in [2.75, 3.05) is 18.0 Å². The molecule has 2 heterocycles. The molecule has 1 aliphatic rings. The normalized spacial score (nSPS) is 13.7. The van der Waals surface area contributed by atoms with E-state index in [9.17, 15) is 18.7 Å². The number of ether oxygens (including phenoxy) is 1. The number of nitrogens with zero attached hydrogens (tertiary/aromatic N) is 3. The highest BCUT2D eigenvalue weighted by molar-refractivity contribution is 5.77. The maximum Gasteiger partial charge on any atom is 0.461 e. The lowest BCUT2D eigenvalue weighted by Crippen LogP contribution is -2.31. The average molecular weight is 492 g/mol. The minimum absolute atomic E-state index is 0.0407. The lowest BCUT2D eigenvalue weighted by molar-refractivity contribution is -0.197. The van der Waals surface area contributed by atoms with E-state index in [0.717, 1.165) is 49.0 Å². The number of benzene rings is 1. The molecule has 8 heteroatoms. The summed E-state index contributed by atoms with van der Waals surface area (Å²) in [5.74, 6) is -1.45. The third-order valence-electron chi connectivity index (χ3n) is 6.60. The van der Waals surface area contributed by atoms with E-state index in [-0.39, 0.29) is 17.7 Å². The van der Waals surface area contributed by atoms with E-state index in [1.807, 2.05) is 6.07 Å². The minimum Gasteiger partial charge on any atom is -0.493 e. The number of hydrogen-bond donors (Lipinski definition) is 1. The number of unbranched alkanes of at least 4 members (excludes halogenated alkanes) is 10. The Morgan fingerprint density at radius 1 is 0.971 bits per heavy atom. The molecule has 6 nitrogen and oxygen atoms in total. The summed E-state index contributed by atoms with van der Waals surface area (Å²) in [4.78, 5) is 17.0. The van der Waals surface area contributed by atoms with E-state index >= 15 is 0 Å². The molecule has 0 aliphatic carbocycles. The Balaban J connectivity index is 1.77. The van der Waals surface area contributed by atoms with Gasteiger partial charge in [0.25, 0.3) is 0 Å². The van der Waals surface area contributed by atoms with Crippen molar-refractivity contribution in [3.05, 3.63) is 29.7 Å². The molecule has 0 saturated heterocycles. The summed E-state index contributed by atoms with van der Waals surface area (Å²) in [5.41, 5.74) is 0.625. The lowest BCUT2D eigenvalue weighted by atomic mass is 10.1. The van der Waals surface area contributed by atoms with Crippen molar-refractivity contribution in [3.63, 3.8) is 0 Å². The first-order valence-electron chi connectivity index (χ1n) is 13.2. The van der Waals surface area contributed by atoms with Crippen LogP contribution in [-0.4, -0.2) is 34.0 Å². The Labute approximate surface area is 207 Å². The third-order valence-corrected chi connectivity index (χ3v) is 6.60. The first-order chi connectivity index (χ1) is 16.9. The molecule has 1 aromatic heterocycles. The zero-order valence-corrected chi connectivity index (χ0v) is 21.1. The number of imidazole rings is 1. The Morgan fingerprint density at radius 3 is 2.11 bits per heavy atom. The maximum absolute atomic E-state index is 14.7. The summed E-state index contributed by atoms with van der Waals surface area (Å²) < 4.78 is 35.3. The number of fused-ring (bicyclic) bond motifs is 3. The predicted molar refractivity (Wildman–Crippen MR) is 134 cm³/mol. The molecule has 0 radical (unpaired) electrons. The van der Waals surface area contributed by atoms with Crippen LogP contribution in [0.4, 0.5) is 14.5 Å². The van der Waals surface area contributed by atoms with Crippen LogP contribution in [0.2, 0.25) is 0 Å². The van der Waals surface area contributed by atoms with Crippen molar-refractivity contribution >= 4 is 12.0 Å². The van der Waals surface area contributed by atoms with Crippen molar-refractivity contribution in [2.45, 2.75) is 97.0 Å². The monoisotopic (exact) mass is 491 g/mol. The molecule has 0 unspecified atom stereocenters. The molecule has 0 atom stereocenters. The lowest BCUT2D eigenvalue weighted by Gasteiger charge is -2.29. The highest BCUT2D eigenvalue weighted by atomic mass is 19.3. The highest BCUT2D eigenvalue weighted by Crippen LogP contribution is 2.45. The van der Waals surface area contributed by atoms with E-state index in [1.165, 1.54) is 51.4 Å². The first-order valence-corrected chi connectivity index (χ1v) is 13.2. The van der Waals surface area contributed by atoms with E-state index in [0.29, 0.717) is 0 Å². The number of anilines is 1. The minimum atomic E-state index is -3.76. The van der Waals surface area contributed by atoms with Gasteiger partial charge in [-0.1, -0.05) is 78.1 Å². The number of halogens is 2. The topological polar surface area (TPSA) is 67.6 Å². The van der Waals surface area contributed by atoms with E-state index in [1.54, 1.807) is 12.1 Å². The smallest absolute Gasteiger partial charge is 0.461 e. The number of rotatable bonds is 16. The fraction of sp³-hybridized carbons (Fsp3) is 0.630. The maximum atomic E-state index is 14.7. The van der Waals surface area contributed by atoms with Crippen LogP contribution >= 0.6 is 0 Å². The van der Waals surface area contributed by atoms with Crippen LogP contribution in [0.5, 0.6) is 11.6 Å². The van der Waals surface area contributed by atoms with Gasteiger partial charge in [0.2, 0.25) is 11.7 Å². The Bertz CT molecular complexity index is 945. The van der Waals surface area contributed by atoms with E-state index < -0.39 is 23.5 Å². The summed E-state index contributed by atoms with van der Waals surface area (Å²) in [6, 6.07) is 5.12. The number of aromatic hydroxyl groups is 1. The van der Waals surface area contributed by atoms with Gasteiger partial charge in [-0.3, -0.25) is 9.36 Å². The molecule has 3 rings (SSSR count). The Morgan fingerprint density at radius 2 is 1.54 bits per heavy atom. The molecule has 0 spiro atoms. The van der Waals surface area contributed by atoms with Crippen LogP contribution < -0.4 is 9.64 Å². The molecule has 1 aromatic carbocycles. The van der Waals surface area contributed by atoms with Gasteiger partial charge in [-0.15, -0.1) is 0 Å². The molecular formula is C27H39F2N3O3. The molecule has 0 bridgehead atoms. The SMILES string of the molecule is CCCCCCCCN(CCCCCCCC)c1ccc2c(c1)OC(F)(F)c1nc(C=O)c(O)n1-2. The van der Waals surface area contributed by atoms with Crippen molar-refractivity contribution in [3.8, 4) is 17.3 Å². The van der Waals surface area contributed by atoms with Gasteiger partial charge in [0.1, 0.15) is 0 Å². The number of carbonyl (C=O) groups excluding carboxylic acids is 1. The zero-order chi connectivity index (χ0) is 25.3. The molecule has 194 valence electrons. The number of hydrogen-bond acceptors (Lipinski definition) is 5. The van der Waals surface area contributed by atoms with Crippen LogP contribution in [0.3, 0.4) is 0 Å². The standard InChI is InChI=1S/C27H39F2N3O3/c1-3-5-7-9-11-13-17-31(18-14-12-10-8-6-4-2)21-15-16-23-24(19-21)35-27(28,29)26-30-22(20-33)25(34)32(23)26/h15-16,19-20,34H,3-14,17-18H2,1-2H3. The van der Waals surface area contributed by atoms with Crippen LogP contribution in [-0.2, 0) is 6.11 Å². The van der Waals surface area contributed by atoms with Crippen LogP contribution in [0, 0.1) is 0 Å². The Hall–Kier alpha value is -2.64. The van der Waals surface area contributed by atoms with Gasteiger partial charge in [-0.25, -0.2) is 4.98 Å². The highest BCUT2D eigenvalue weighted by Gasteiger charge is 2.47. The molecule has 0 amide bonds. The molecular weight excluding hydrogens is 452 g/mol. The van der Waals surface area contributed by atoms with Crippen molar-refractivity contribution < 1.29 is 23.4 Å². The van der Waals surface area contributed by atoms with Crippen molar-refractivity contribution in [1.82, 2.24) is 9.55 Å². The van der Waals surface area contributed by atoms with Crippen LogP contribution in [0.25, 0.3) is 5.69 Å². The van der Waals surface area contributed by atoms with Crippen LogP contribution in [0.1, 0.15) is 107 Å². The quantitative estimate of drug-likeness (QED) is 0.196. The second kappa shape index (κ2) is 12.9.